The summed E-state index contributed by atoms with van der Waals surface area (Å²) in [5, 5.41) is 12.2. The Labute approximate surface area is 201 Å². The summed E-state index contributed by atoms with van der Waals surface area (Å²) in [5.41, 5.74) is 3.51. The van der Waals surface area contributed by atoms with E-state index < -0.39 is 5.91 Å². The lowest BCUT2D eigenvalue weighted by Crippen LogP contribution is -2.16. The lowest BCUT2D eigenvalue weighted by atomic mass is 10.1. The summed E-state index contributed by atoms with van der Waals surface area (Å²) in [6, 6.07) is 12.9. The number of para-hydroxylation sites is 1. The normalized spacial score (nSPS) is 10.9. The van der Waals surface area contributed by atoms with Gasteiger partial charge in [-0.15, -0.1) is 0 Å². The van der Waals surface area contributed by atoms with Crippen LogP contribution in [0.2, 0.25) is 10.0 Å². The molecular weight excluding hydrogens is 463 g/mol. The van der Waals surface area contributed by atoms with Crippen LogP contribution in [0.3, 0.4) is 0 Å². The molecule has 2 aromatic carbocycles. The molecule has 0 aliphatic rings. The molecule has 0 atom stereocenters. The number of aromatic nitrogens is 3. The molecule has 2 heterocycles. The Hall–Kier alpha value is -3.29. The molecule has 0 saturated heterocycles. The molecule has 7 nitrogen and oxygen atoms in total. The summed E-state index contributed by atoms with van der Waals surface area (Å²) in [6.07, 6.45) is 1.73. The highest BCUT2D eigenvalue weighted by Crippen LogP contribution is 2.26. The Morgan fingerprint density at radius 3 is 2.39 bits per heavy atom. The Balaban J connectivity index is 1.47. The Kier molecular flexibility index (Phi) is 6.72. The zero-order valence-corrected chi connectivity index (χ0v) is 19.9. The Morgan fingerprint density at radius 1 is 1.03 bits per heavy atom. The molecule has 4 aromatic rings. The van der Waals surface area contributed by atoms with Gasteiger partial charge in [-0.1, -0.05) is 52.6 Å². The number of nitrogens with zero attached hydrogens (tertiary/aromatic N) is 3. The molecule has 9 heteroatoms. The van der Waals surface area contributed by atoms with Crippen LogP contribution in [0.25, 0.3) is 0 Å². The second-order valence-electron chi connectivity index (χ2n) is 7.63. The van der Waals surface area contributed by atoms with Gasteiger partial charge in [0.1, 0.15) is 18.1 Å². The lowest BCUT2D eigenvalue weighted by Gasteiger charge is -2.12. The van der Waals surface area contributed by atoms with Crippen LogP contribution in [0.15, 0.2) is 53.2 Å². The molecule has 0 unspecified atom stereocenters. The third-order valence-corrected chi connectivity index (χ3v) is 5.94. The van der Waals surface area contributed by atoms with Crippen molar-refractivity contribution >= 4 is 34.9 Å². The van der Waals surface area contributed by atoms with Gasteiger partial charge < -0.3 is 14.6 Å². The molecule has 0 bridgehead atoms. The van der Waals surface area contributed by atoms with E-state index in [1.807, 2.05) is 32.0 Å². The largest absolute Gasteiger partial charge is 0.488 e. The van der Waals surface area contributed by atoms with Gasteiger partial charge in [0.05, 0.1) is 12.1 Å². The molecule has 33 heavy (non-hydrogen) atoms. The van der Waals surface area contributed by atoms with E-state index in [1.165, 1.54) is 0 Å². The maximum absolute atomic E-state index is 12.9. The summed E-state index contributed by atoms with van der Waals surface area (Å²) in [5.74, 6) is 1.23. The summed E-state index contributed by atoms with van der Waals surface area (Å²) in [6.45, 7) is 6.22. The predicted octanol–water partition coefficient (Wildman–Crippen LogP) is 5.98. The van der Waals surface area contributed by atoms with Crippen molar-refractivity contribution < 1.29 is 14.1 Å². The molecule has 0 radical (unpaired) electrons. The number of ether oxygens (including phenoxy) is 1. The average molecular weight is 485 g/mol. The quantitative estimate of drug-likeness (QED) is 0.348. The molecule has 170 valence electrons. The van der Waals surface area contributed by atoms with Crippen LogP contribution < -0.4 is 10.1 Å². The molecule has 2 aromatic heterocycles. The Morgan fingerprint density at radius 2 is 1.70 bits per heavy atom. The molecule has 4 rings (SSSR count). The smallest absolute Gasteiger partial charge is 0.279 e. The van der Waals surface area contributed by atoms with Crippen molar-refractivity contribution in [2.24, 2.45) is 0 Å². The van der Waals surface area contributed by atoms with E-state index in [1.54, 1.807) is 42.1 Å². The molecule has 0 fully saturated rings. The van der Waals surface area contributed by atoms with Crippen LogP contribution in [0, 0.1) is 20.8 Å². The predicted molar refractivity (Wildman–Crippen MR) is 127 cm³/mol. The molecule has 0 aliphatic carbocycles. The SMILES string of the molecule is Cc1cccc(C)c1OCc1c(C(=O)Nc2ccn(Cc3c(Cl)cccc3Cl)n2)noc1C. The van der Waals surface area contributed by atoms with Gasteiger partial charge in [-0.3, -0.25) is 9.48 Å². The van der Waals surface area contributed by atoms with Gasteiger partial charge in [0.2, 0.25) is 0 Å². The van der Waals surface area contributed by atoms with Gasteiger partial charge in [0, 0.05) is 27.9 Å². The number of amides is 1. The van der Waals surface area contributed by atoms with Gasteiger partial charge in [0.25, 0.3) is 5.91 Å². The first-order valence-corrected chi connectivity index (χ1v) is 11.0. The molecule has 0 aliphatic heterocycles. The summed E-state index contributed by atoms with van der Waals surface area (Å²) >= 11 is 12.5. The first-order chi connectivity index (χ1) is 15.8. The van der Waals surface area contributed by atoms with E-state index in [0.717, 1.165) is 22.4 Å². The third-order valence-electron chi connectivity index (χ3n) is 5.23. The summed E-state index contributed by atoms with van der Waals surface area (Å²) < 4.78 is 12.9. The Bertz CT molecular complexity index is 1270. The van der Waals surface area contributed by atoms with Gasteiger partial charge in [0.15, 0.2) is 11.5 Å². The van der Waals surface area contributed by atoms with Crippen molar-refractivity contribution in [1.82, 2.24) is 14.9 Å². The van der Waals surface area contributed by atoms with E-state index in [9.17, 15) is 4.79 Å². The van der Waals surface area contributed by atoms with Crippen LogP contribution in [0.4, 0.5) is 5.82 Å². The maximum Gasteiger partial charge on any atom is 0.279 e. The molecule has 0 spiro atoms. The van der Waals surface area contributed by atoms with E-state index in [0.29, 0.717) is 33.7 Å². The fourth-order valence-corrected chi connectivity index (χ4v) is 3.96. The topological polar surface area (TPSA) is 82.2 Å². The second-order valence-corrected chi connectivity index (χ2v) is 8.44. The van der Waals surface area contributed by atoms with Gasteiger partial charge >= 0.3 is 0 Å². The van der Waals surface area contributed by atoms with Gasteiger partial charge in [-0.2, -0.15) is 5.10 Å². The molecule has 1 N–H and O–H groups in total. The monoisotopic (exact) mass is 484 g/mol. The lowest BCUT2D eigenvalue weighted by molar-refractivity contribution is 0.101. The minimum atomic E-state index is -0.437. The van der Waals surface area contributed by atoms with E-state index in [4.69, 9.17) is 32.5 Å². The number of nitrogens with one attached hydrogen (secondary N) is 1. The number of hydrogen-bond acceptors (Lipinski definition) is 5. The number of carbonyl (C=O) groups is 1. The minimum Gasteiger partial charge on any atom is -0.488 e. The van der Waals surface area contributed by atoms with Crippen molar-refractivity contribution in [3.05, 3.63) is 92.4 Å². The number of hydrogen-bond donors (Lipinski definition) is 1. The van der Waals surface area contributed by atoms with Crippen LogP contribution in [-0.2, 0) is 13.2 Å². The third kappa shape index (κ3) is 5.05. The number of benzene rings is 2. The number of anilines is 1. The maximum atomic E-state index is 12.9. The highest BCUT2D eigenvalue weighted by molar-refractivity contribution is 6.35. The number of rotatable bonds is 7. The van der Waals surface area contributed by atoms with Crippen molar-refractivity contribution in [3.63, 3.8) is 0 Å². The fraction of sp³-hybridized carbons (Fsp3) is 0.208. The highest BCUT2D eigenvalue weighted by Gasteiger charge is 2.22. The molecular formula is C24H22Cl2N4O3. The zero-order valence-electron chi connectivity index (χ0n) is 18.4. The fourth-order valence-electron chi connectivity index (χ4n) is 3.45. The summed E-state index contributed by atoms with van der Waals surface area (Å²) in [7, 11) is 0. The number of aryl methyl sites for hydroxylation is 3. The number of halogens is 2. The first-order valence-electron chi connectivity index (χ1n) is 10.3. The number of carbonyl (C=O) groups excluding carboxylic acids is 1. The summed E-state index contributed by atoms with van der Waals surface area (Å²) in [4.78, 5) is 12.9. The molecule has 0 saturated carbocycles. The van der Waals surface area contributed by atoms with E-state index in [-0.39, 0.29) is 12.3 Å². The zero-order chi connectivity index (χ0) is 23.5. The highest BCUT2D eigenvalue weighted by atomic mass is 35.5. The second kappa shape index (κ2) is 9.68. The van der Waals surface area contributed by atoms with Gasteiger partial charge in [-0.25, -0.2) is 0 Å². The minimum absolute atomic E-state index is 0.155. The van der Waals surface area contributed by atoms with Crippen LogP contribution in [-0.4, -0.2) is 20.8 Å². The average Bonchev–Trinajstić information content (AvgIpc) is 3.36. The first kappa shape index (κ1) is 22.9. The van der Waals surface area contributed by atoms with Crippen LogP contribution in [0.1, 0.15) is 38.5 Å². The van der Waals surface area contributed by atoms with Crippen LogP contribution in [0.5, 0.6) is 5.75 Å². The van der Waals surface area contributed by atoms with E-state index >= 15 is 0 Å². The molecule has 1 amide bonds. The van der Waals surface area contributed by atoms with Crippen LogP contribution >= 0.6 is 23.2 Å². The van der Waals surface area contributed by atoms with Crippen molar-refractivity contribution in [3.8, 4) is 5.75 Å². The van der Waals surface area contributed by atoms with Crippen molar-refractivity contribution in [1.29, 1.82) is 0 Å². The van der Waals surface area contributed by atoms with Gasteiger partial charge in [-0.05, 0) is 44.0 Å². The van der Waals surface area contributed by atoms with Crippen molar-refractivity contribution in [2.45, 2.75) is 33.9 Å². The standard InChI is InChI=1S/C24H22Cl2N4O3/c1-14-6-4-7-15(2)23(14)32-13-18-16(3)33-29-22(18)24(31)27-21-10-11-30(28-21)12-17-19(25)8-5-9-20(17)26/h4-11H,12-13H2,1-3H3,(H,27,28,31). The van der Waals surface area contributed by atoms with E-state index in [2.05, 4.69) is 15.6 Å². The van der Waals surface area contributed by atoms with Crippen molar-refractivity contribution in [2.75, 3.05) is 5.32 Å².